The molecule has 3 atom stereocenters. The topological polar surface area (TPSA) is 78.5 Å². The quantitative estimate of drug-likeness (QED) is 0.789. The van der Waals surface area contributed by atoms with Crippen molar-refractivity contribution in [2.75, 3.05) is 25.5 Å². The van der Waals surface area contributed by atoms with E-state index in [1.54, 1.807) is 19.2 Å². The van der Waals surface area contributed by atoms with Crippen molar-refractivity contribution in [1.82, 2.24) is 9.62 Å². The Morgan fingerprint density at radius 1 is 1.21 bits per heavy atom. The van der Waals surface area contributed by atoms with Crippen molar-refractivity contribution in [3.63, 3.8) is 0 Å². The SMILES string of the molecule is CNc1ccc(C(=O)NC2C(C)(C)[C@H]3CC[C@@]2(C)C3)cc1S(=O)(=O)N1CCC1. The number of sulfonamides is 1. The molecule has 4 rings (SSSR count). The van der Waals surface area contributed by atoms with E-state index in [4.69, 9.17) is 0 Å². The van der Waals surface area contributed by atoms with Gasteiger partial charge in [0, 0.05) is 31.7 Å². The molecule has 1 aromatic carbocycles. The van der Waals surface area contributed by atoms with E-state index < -0.39 is 10.0 Å². The molecule has 3 aliphatic rings. The Hall–Kier alpha value is -1.60. The number of hydrogen-bond donors (Lipinski definition) is 2. The minimum Gasteiger partial charge on any atom is -0.387 e. The monoisotopic (exact) mass is 405 g/mol. The van der Waals surface area contributed by atoms with Gasteiger partial charge < -0.3 is 10.6 Å². The molecule has 6 nitrogen and oxygen atoms in total. The van der Waals surface area contributed by atoms with Crippen LogP contribution in [0.15, 0.2) is 23.1 Å². The van der Waals surface area contributed by atoms with Crippen LogP contribution >= 0.6 is 0 Å². The van der Waals surface area contributed by atoms with Crippen LogP contribution in [0.1, 0.15) is 56.8 Å². The van der Waals surface area contributed by atoms with Crippen molar-refractivity contribution >= 4 is 21.6 Å². The lowest BCUT2D eigenvalue weighted by Gasteiger charge is -2.43. The Morgan fingerprint density at radius 3 is 2.46 bits per heavy atom. The number of carbonyl (C=O) groups is 1. The van der Waals surface area contributed by atoms with Gasteiger partial charge in [-0.1, -0.05) is 20.8 Å². The summed E-state index contributed by atoms with van der Waals surface area (Å²) in [7, 11) is -1.88. The van der Waals surface area contributed by atoms with E-state index in [0.29, 0.717) is 30.3 Å². The van der Waals surface area contributed by atoms with Crippen LogP contribution in [0.4, 0.5) is 5.69 Å². The van der Waals surface area contributed by atoms with Gasteiger partial charge in [-0.05, 0) is 60.6 Å². The first-order chi connectivity index (χ1) is 13.1. The highest BCUT2D eigenvalue weighted by Crippen LogP contribution is 2.62. The molecule has 1 heterocycles. The number of fused-ring (bicyclic) bond motifs is 2. The van der Waals surface area contributed by atoms with Gasteiger partial charge in [0.05, 0.1) is 5.69 Å². The van der Waals surface area contributed by atoms with Gasteiger partial charge in [0.15, 0.2) is 0 Å². The Balaban J connectivity index is 1.63. The second kappa shape index (κ2) is 6.46. The van der Waals surface area contributed by atoms with Gasteiger partial charge in [0.25, 0.3) is 5.91 Å². The number of nitrogens with zero attached hydrogens (tertiary/aromatic N) is 1. The number of rotatable bonds is 5. The van der Waals surface area contributed by atoms with Gasteiger partial charge in [0.1, 0.15) is 4.90 Å². The first-order valence-corrected chi connectivity index (χ1v) is 11.7. The summed E-state index contributed by atoms with van der Waals surface area (Å²) in [6.07, 6.45) is 4.40. The number of hydrogen-bond acceptors (Lipinski definition) is 4. The number of benzene rings is 1. The number of nitrogens with one attached hydrogen (secondary N) is 2. The third-order valence-electron chi connectivity index (χ3n) is 7.49. The molecule has 154 valence electrons. The second-order valence-corrected chi connectivity index (χ2v) is 11.4. The Kier molecular flexibility index (Phi) is 4.54. The van der Waals surface area contributed by atoms with Crippen molar-refractivity contribution in [2.45, 2.75) is 57.4 Å². The molecule has 28 heavy (non-hydrogen) atoms. The largest absolute Gasteiger partial charge is 0.387 e. The fourth-order valence-electron chi connectivity index (χ4n) is 5.63. The van der Waals surface area contributed by atoms with Crippen LogP contribution in [0.2, 0.25) is 0 Å². The van der Waals surface area contributed by atoms with Crippen LogP contribution in [0.3, 0.4) is 0 Å². The molecule has 1 aliphatic heterocycles. The second-order valence-electron chi connectivity index (χ2n) is 9.54. The van der Waals surface area contributed by atoms with Crippen LogP contribution in [-0.2, 0) is 10.0 Å². The molecular formula is C21H31N3O3S. The summed E-state index contributed by atoms with van der Waals surface area (Å²) in [5, 5.41) is 6.21. The van der Waals surface area contributed by atoms with Gasteiger partial charge in [-0.15, -0.1) is 0 Å². The Labute approximate surface area is 168 Å². The molecule has 0 radical (unpaired) electrons. The van der Waals surface area contributed by atoms with Crippen molar-refractivity contribution in [1.29, 1.82) is 0 Å². The smallest absolute Gasteiger partial charge is 0.251 e. The molecule has 0 aromatic heterocycles. The van der Waals surface area contributed by atoms with Gasteiger partial charge in [-0.25, -0.2) is 8.42 Å². The normalized spacial score (nSPS) is 31.4. The average Bonchev–Trinajstić information content (AvgIpc) is 3.07. The molecule has 1 aromatic rings. The number of anilines is 1. The van der Waals surface area contributed by atoms with E-state index in [2.05, 4.69) is 31.4 Å². The van der Waals surface area contributed by atoms with E-state index in [1.807, 2.05) is 0 Å². The third kappa shape index (κ3) is 2.86. The molecule has 3 fully saturated rings. The highest BCUT2D eigenvalue weighted by Gasteiger charge is 2.59. The fourth-order valence-corrected chi connectivity index (χ4v) is 7.37. The molecule has 1 unspecified atom stereocenters. The molecule has 1 amide bonds. The van der Waals surface area contributed by atoms with Crippen molar-refractivity contribution < 1.29 is 13.2 Å². The zero-order valence-electron chi connectivity index (χ0n) is 17.2. The highest BCUT2D eigenvalue weighted by molar-refractivity contribution is 7.89. The highest BCUT2D eigenvalue weighted by atomic mass is 32.2. The molecule has 0 spiro atoms. The summed E-state index contributed by atoms with van der Waals surface area (Å²) < 4.78 is 27.3. The molecule has 1 saturated heterocycles. The molecule has 7 heteroatoms. The van der Waals surface area contributed by atoms with Crippen LogP contribution in [0.5, 0.6) is 0 Å². The van der Waals surface area contributed by atoms with Gasteiger partial charge in [-0.2, -0.15) is 4.31 Å². The van der Waals surface area contributed by atoms with E-state index in [0.717, 1.165) is 19.3 Å². The first kappa shape index (κ1) is 19.7. The van der Waals surface area contributed by atoms with E-state index >= 15 is 0 Å². The lowest BCUT2D eigenvalue weighted by Crippen LogP contribution is -2.52. The zero-order chi connectivity index (χ0) is 20.3. The van der Waals surface area contributed by atoms with E-state index in [9.17, 15) is 13.2 Å². The summed E-state index contributed by atoms with van der Waals surface area (Å²) in [5.74, 6) is 0.450. The maximum atomic E-state index is 13.1. The standard InChI is InChI=1S/C21H31N3O3S/c1-20(2)15-8-9-21(3,13-15)19(20)23-18(25)14-6-7-16(22-4)17(12-14)28(26,27)24-10-5-11-24/h6-7,12,15,19,22H,5,8-11,13H2,1-4H3,(H,23,25)/t15-,19?,21-/m0/s1. The van der Waals surface area contributed by atoms with E-state index in [-0.39, 0.29) is 27.7 Å². The summed E-state index contributed by atoms with van der Waals surface area (Å²) in [4.78, 5) is 13.3. The summed E-state index contributed by atoms with van der Waals surface area (Å²) in [6.45, 7) is 7.85. The molecular weight excluding hydrogens is 374 g/mol. The van der Waals surface area contributed by atoms with Crippen molar-refractivity contribution in [3.8, 4) is 0 Å². The zero-order valence-corrected chi connectivity index (χ0v) is 18.0. The van der Waals surface area contributed by atoms with Gasteiger partial charge in [-0.3, -0.25) is 4.79 Å². The predicted octanol–water partition coefficient (Wildman–Crippen LogP) is 3.07. The Morgan fingerprint density at radius 2 is 1.93 bits per heavy atom. The van der Waals surface area contributed by atoms with Crippen LogP contribution < -0.4 is 10.6 Å². The number of amides is 1. The maximum absolute atomic E-state index is 13.1. The minimum absolute atomic E-state index is 0.0557. The molecule has 2 aliphatic carbocycles. The van der Waals surface area contributed by atoms with Crippen molar-refractivity contribution in [2.24, 2.45) is 16.7 Å². The molecule has 2 bridgehead atoms. The van der Waals surface area contributed by atoms with Crippen LogP contribution in [-0.4, -0.2) is 44.8 Å². The third-order valence-corrected chi connectivity index (χ3v) is 9.43. The Bertz CT molecular complexity index is 903. The first-order valence-electron chi connectivity index (χ1n) is 10.2. The van der Waals surface area contributed by atoms with Gasteiger partial charge in [0.2, 0.25) is 10.0 Å². The van der Waals surface area contributed by atoms with Crippen molar-refractivity contribution in [3.05, 3.63) is 23.8 Å². The van der Waals surface area contributed by atoms with Crippen LogP contribution in [0, 0.1) is 16.7 Å². The lowest BCUT2D eigenvalue weighted by atomic mass is 9.68. The molecule has 2 saturated carbocycles. The minimum atomic E-state index is -3.58. The maximum Gasteiger partial charge on any atom is 0.251 e. The van der Waals surface area contributed by atoms with Crippen LogP contribution in [0.25, 0.3) is 0 Å². The summed E-state index contributed by atoms with van der Waals surface area (Å²) in [5.41, 5.74) is 1.11. The summed E-state index contributed by atoms with van der Waals surface area (Å²) >= 11 is 0. The average molecular weight is 406 g/mol. The van der Waals surface area contributed by atoms with Gasteiger partial charge >= 0.3 is 0 Å². The predicted molar refractivity (Wildman–Crippen MR) is 110 cm³/mol. The summed E-state index contributed by atoms with van der Waals surface area (Å²) in [6, 6.07) is 5.02. The van der Waals surface area contributed by atoms with E-state index in [1.165, 1.54) is 16.8 Å². The fraction of sp³-hybridized carbons (Fsp3) is 0.667. The lowest BCUT2D eigenvalue weighted by molar-refractivity contribution is 0.0737. The molecule has 2 N–H and O–H groups in total. The number of carbonyl (C=O) groups excluding carboxylic acids is 1.